The van der Waals surface area contributed by atoms with Crippen LogP contribution in [0.2, 0.25) is 0 Å². The van der Waals surface area contributed by atoms with Crippen LogP contribution in [0.1, 0.15) is 13.3 Å². The molecule has 4 N–H and O–H groups in total. The van der Waals surface area contributed by atoms with E-state index >= 15 is 0 Å². The van der Waals surface area contributed by atoms with Gasteiger partial charge in [0.25, 0.3) is 0 Å². The predicted molar refractivity (Wildman–Crippen MR) is 35.8 cm³/mol. The predicted octanol–water partition coefficient (Wildman–Crippen LogP) is -1.78. The molecule has 66 valence electrons. The van der Waals surface area contributed by atoms with Crippen molar-refractivity contribution in [1.82, 2.24) is 0 Å². The Labute approximate surface area is 63.9 Å². The van der Waals surface area contributed by atoms with Crippen molar-refractivity contribution in [1.29, 1.82) is 0 Å². The van der Waals surface area contributed by atoms with E-state index in [1.54, 1.807) is 6.92 Å². The lowest BCUT2D eigenvalue weighted by Gasteiger charge is -2.26. The fourth-order valence-corrected chi connectivity index (χ4v) is 0.924. The second-order valence-corrected chi connectivity index (χ2v) is 2.45. The third-order valence-electron chi connectivity index (χ3n) is 1.46. The zero-order valence-electron chi connectivity index (χ0n) is 6.15. The Morgan fingerprint density at radius 3 is 2.55 bits per heavy atom. The van der Waals surface area contributed by atoms with Gasteiger partial charge in [0, 0.05) is 6.42 Å². The summed E-state index contributed by atoms with van der Waals surface area (Å²) in [7, 11) is 0. The van der Waals surface area contributed by atoms with Crippen LogP contribution < -0.4 is 0 Å². The minimum atomic E-state index is -1.35. The second kappa shape index (κ2) is 3.77. The zero-order valence-corrected chi connectivity index (χ0v) is 6.15. The number of aliphatic hydroxyl groups is 2. The van der Waals surface area contributed by atoms with Crippen molar-refractivity contribution in [2.45, 2.75) is 31.8 Å². The average Bonchev–Trinajstić information content (AvgIpc) is 1.82. The molecule has 1 fully saturated rings. The number of aliphatic hydroxyl groups excluding tert-OH is 2. The molecule has 1 saturated heterocycles. The van der Waals surface area contributed by atoms with E-state index in [1.165, 1.54) is 0 Å². The van der Waals surface area contributed by atoms with E-state index in [1.807, 2.05) is 0 Å². The van der Waals surface area contributed by atoms with E-state index < -0.39 is 12.4 Å². The van der Waals surface area contributed by atoms with Crippen molar-refractivity contribution in [3.8, 4) is 0 Å². The van der Waals surface area contributed by atoms with Crippen LogP contribution in [0.15, 0.2) is 0 Å². The quantitative estimate of drug-likeness (QED) is 0.442. The van der Waals surface area contributed by atoms with Crippen molar-refractivity contribution in [2.75, 3.05) is 0 Å². The molecule has 5 heteroatoms. The largest absolute Gasteiger partial charge is 0.412 e. The van der Waals surface area contributed by atoms with Crippen LogP contribution in [0.25, 0.3) is 0 Å². The molecule has 11 heavy (non-hydrogen) atoms. The summed E-state index contributed by atoms with van der Waals surface area (Å²) in [6.45, 7) is 1.67. The molecule has 1 aliphatic rings. The molecule has 5 nitrogen and oxygen atoms in total. The SMILES string of the molecule is CC1CC(=O)C(O)C(O)O1.O. The van der Waals surface area contributed by atoms with E-state index in [4.69, 9.17) is 14.9 Å². The minimum absolute atomic E-state index is 0. The third-order valence-corrected chi connectivity index (χ3v) is 1.46. The fraction of sp³-hybridized carbons (Fsp3) is 0.833. The highest BCUT2D eigenvalue weighted by molar-refractivity contribution is 5.84. The Balaban J connectivity index is 0.000001000. The monoisotopic (exact) mass is 164 g/mol. The highest BCUT2D eigenvalue weighted by Gasteiger charge is 2.32. The van der Waals surface area contributed by atoms with Gasteiger partial charge < -0.3 is 20.4 Å². The molecule has 0 spiro atoms. The smallest absolute Gasteiger partial charge is 0.188 e. The summed E-state index contributed by atoms with van der Waals surface area (Å²) in [5.41, 5.74) is 0. The van der Waals surface area contributed by atoms with E-state index in [0.29, 0.717) is 0 Å². The molecular formula is C6H12O5. The molecule has 3 unspecified atom stereocenters. The van der Waals surface area contributed by atoms with Crippen LogP contribution in [-0.2, 0) is 9.53 Å². The number of Topliss-reactive ketones (excluding diaryl/α,β-unsaturated/α-hetero) is 1. The van der Waals surface area contributed by atoms with Gasteiger partial charge in [0.15, 0.2) is 18.2 Å². The Kier molecular flexibility index (Phi) is 3.61. The van der Waals surface area contributed by atoms with Gasteiger partial charge in [-0.3, -0.25) is 4.79 Å². The molecule has 0 bridgehead atoms. The molecule has 1 rings (SSSR count). The summed E-state index contributed by atoms with van der Waals surface area (Å²) in [5, 5.41) is 17.7. The third kappa shape index (κ3) is 2.23. The first-order valence-corrected chi connectivity index (χ1v) is 3.15. The van der Waals surface area contributed by atoms with Crippen molar-refractivity contribution in [3.63, 3.8) is 0 Å². The molecular weight excluding hydrogens is 152 g/mol. The van der Waals surface area contributed by atoms with Gasteiger partial charge in [-0.15, -0.1) is 0 Å². The minimum Gasteiger partial charge on any atom is -0.412 e. The van der Waals surface area contributed by atoms with Crippen LogP contribution in [0.3, 0.4) is 0 Å². The van der Waals surface area contributed by atoms with Gasteiger partial charge in [0.1, 0.15) is 0 Å². The van der Waals surface area contributed by atoms with Crippen molar-refractivity contribution >= 4 is 5.78 Å². The molecule has 0 aromatic rings. The van der Waals surface area contributed by atoms with Gasteiger partial charge in [-0.1, -0.05) is 0 Å². The van der Waals surface area contributed by atoms with Crippen LogP contribution in [0, 0.1) is 0 Å². The first-order chi connectivity index (χ1) is 4.61. The number of ether oxygens (including phenoxy) is 1. The van der Waals surface area contributed by atoms with Gasteiger partial charge in [-0.25, -0.2) is 0 Å². The maximum absolute atomic E-state index is 10.7. The number of hydrogen-bond donors (Lipinski definition) is 2. The highest BCUT2D eigenvalue weighted by atomic mass is 16.6. The lowest BCUT2D eigenvalue weighted by atomic mass is 10.1. The Morgan fingerprint density at radius 2 is 2.09 bits per heavy atom. The topological polar surface area (TPSA) is 98.3 Å². The van der Waals surface area contributed by atoms with Gasteiger partial charge in [-0.05, 0) is 6.92 Å². The molecule has 3 atom stereocenters. The fourth-order valence-electron chi connectivity index (χ4n) is 0.924. The maximum Gasteiger partial charge on any atom is 0.188 e. The Hall–Kier alpha value is -0.490. The van der Waals surface area contributed by atoms with E-state index in [2.05, 4.69) is 0 Å². The van der Waals surface area contributed by atoms with Gasteiger partial charge in [-0.2, -0.15) is 0 Å². The standard InChI is InChI=1S/C6H10O4.H2O/c1-3-2-4(7)5(8)6(9)10-3;/h3,5-6,8-9H,2H2,1H3;1H2. The molecule has 0 aromatic heterocycles. The number of carbonyl (C=O) groups is 1. The number of rotatable bonds is 0. The van der Waals surface area contributed by atoms with E-state index in [9.17, 15) is 4.79 Å². The second-order valence-electron chi connectivity index (χ2n) is 2.45. The normalized spacial score (nSPS) is 38.1. The summed E-state index contributed by atoms with van der Waals surface area (Å²) < 4.78 is 4.75. The summed E-state index contributed by atoms with van der Waals surface area (Å²) in [6.07, 6.45) is -2.79. The summed E-state index contributed by atoms with van der Waals surface area (Å²) in [6, 6.07) is 0. The highest BCUT2D eigenvalue weighted by Crippen LogP contribution is 2.13. The summed E-state index contributed by atoms with van der Waals surface area (Å²) in [5.74, 6) is -0.355. The molecule has 0 amide bonds. The lowest BCUT2D eigenvalue weighted by molar-refractivity contribution is -0.207. The number of ketones is 1. The molecule has 0 aromatic carbocycles. The molecule has 0 aliphatic carbocycles. The molecule has 1 heterocycles. The summed E-state index contributed by atoms with van der Waals surface area (Å²) in [4.78, 5) is 10.7. The average molecular weight is 164 g/mol. The summed E-state index contributed by atoms with van der Waals surface area (Å²) >= 11 is 0. The molecule has 0 radical (unpaired) electrons. The van der Waals surface area contributed by atoms with Crippen LogP contribution in [0.5, 0.6) is 0 Å². The van der Waals surface area contributed by atoms with Gasteiger partial charge in [0.05, 0.1) is 6.10 Å². The van der Waals surface area contributed by atoms with Crippen molar-refractivity contribution in [2.24, 2.45) is 0 Å². The number of carbonyl (C=O) groups excluding carboxylic acids is 1. The van der Waals surface area contributed by atoms with Crippen LogP contribution in [-0.4, -0.2) is 40.0 Å². The molecule has 0 saturated carbocycles. The van der Waals surface area contributed by atoms with Crippen LogP contribution >= 0.6 is 0 Å². The maximum atomic E-state index is 10.7. The zero-order chi connectivity index (χ0) is 7.72. The first kappa shape index (κ1) is 10.5. The van der Waals surface area contributed by atoms with Crippen molar-refractivity contribution < 1.29 is 25.2 Å². The van der Waals surface area contributed by atoms with Gasteiger partial charge in [0.2, 0.25) is 0 Å². The Bertz CT molecular complexity index is 146. The van der Waals surface area contributed by atoms with E-state index in [0.717, 1.165) is 0 Å². The first-order valence-electron chi connectivity index (χ1n) is 3.15. The lowest BCUT2D eigenvalue weighted by Crippen LogP contribution is -2.44. The molecule has 1 aliphatic heterocycles. The van der Waals surface area contributed by atoms with Gasteiger partial charge >= 0.3 is 0 Å². The van der Waals surface area contributed by atoms with Crippen molar-refractivity contribution in [3.05, 3.63) is 0 Å². The van der Waals surface area contributed by atoms with E-state index in [-0.39, 0.29) is 23.8 Å². The number of hydrogen-bond acceptors (Lipinski definition) is 4. The Morgan fingerprint density at radius 1 is 1.55 bits per heavy atom. The van der Waals surface area contributed by atoms with Crippen LogP contribution in [0.4, 0.5) is 0 Å².